The van der Waals surface area contributed by atoms with Gasteiger partial charge in [-0.2, -0.15) is 0 Å². The number of benzene rings is 1. The van der Waals surface area contributed by atoms with Gasteiger partial charge in [-0.1, -0.05) is 0 Å². The van der Waals surface area contributed by atoms with Gasteiger partial charge in [-0.15, -0.1) is 0 Å². The lowest BCUT2D eigenvalue weighted by atomic mass is 9.53. The highest BCUT2D eigenvalue weighted by Gasteiger charge is 2.53. The van der Waals surface area contributed by atoms with Crippen LogP contribution in [0.15, 0.2) is 29.2 Å². The van der Waals surface area contributed by atoms with Crippen LogP contribution in [0.25, 0.3) is 0 Å². The SMILES string of the molecule is O=C(NO)C1(S(=O)(=O)c2ccc(OCCCS(=O)(=O)NC34CC5CC(CC(C5)C3)C4)cc2)CCOCC1. The van der Waals surface area contributed by atoms with Crippen molar-refractivity contribution in [3.05, 3.63) is 24.3 Å². The molecule has 0 unspecified atom stereocenters. The minimum atomic E-state index is -4.11. The number of nitrogens with one attached hydrogen (secondary N) is 2. The standard InChI is InChI=1S/C25H36N2O8S2/c28-23(26-29)25(6-9-34-10-7-25)37(32,33)22-4-2-21(3-5-22)35-8-1-11-36(30,31)27-24-15-18-12-19(16-24)14-20(13-18)17-24/h2-5,18-20,27,29H,1,6-17H2,(H,26,28). The number of carbonyl (C=O) groups is 1. The minimum absolute atomic E-state index is 0.0257. The van der Waals surface area contributed by atoms with Crippen molar-refractivity contribution in [2.75, 3.05) is 25.6 Å². The van der Waals surface area contributed by atoms with Crippen LogP contribution in [0.5, 0.6) is 5.75 Å². The summed E-state index contributed by atoms with van der Waals surface area (Å²) < 4.78 is 64.5. The van der Waals surface area contributed by atoms with Gasteiger partial charge in [0.1, 0.15) is 5.75 Å². The van der Waals surface area contributed by atoms with E-state index in [9.17, 15) is 21.6 Å². The smallest absolute Gasteiger partial charge is 0.265 e. The number of hydrogen-bond acceptors (Lipinski definition) is 8. The molecule has 0 aromatic heterocycles. The molecule has 4 saturated carbocycles. The molecule has 1 amide bonds. The van der Waals surface area contributed by atoms with Crippen molar-refractivity contribution in [3.63, 3.8) is 0 Å². The van der Waals surface area contributed by atoms with Gasteiger partial charge in [0.25, 0.3) is 5.91 Å². The first-order valence-corrected chi connectivity index (χ1v) is 16.2. The summed E-state index contributed by atoms with van der Waals surface area (Å²) >= 11 is 0. The van der Waals surface area contributed by atoms with Crippen molar-refractivity contribution in [2.24, 2.45) is 17.8 Å². The first-order chi connectivity index (χ1) is 17.6. The van der Waals surface area contributed by atoms with E-state index in [-0.39, 0.29) is 48.8 Å². The summed E-state index contributed by atoms with van der Waals surface area (Å²) in [6.45, 7) is 0.352. The number of carbonyl (C=O) groups excluding carboxylic acids is 1. The molecular formula is C25H36N2O8S2. The first kappa shape index (κ1) is 26.9. The van der Waals surface area contributed by atoms with E-state index in [2.05, 4.69) is 4.72 Å². The number of hydroxylamine groups is 1. The predicted molar refractivity (Wildman–Crippen MR) is 134 cm³/mol. The minimum Gasteiger partial charge on any atom is -0.494 e. The second kappa shape index (κ2) is 10.1. The number of rotatable bonds is 10. The fraction of sp³-hybridized carbons (Fsp3) is 0.720. The van der Waals surface area contributed by atoms with Crippen molar-refractivity contribution < 1.29 is 36.3 Å². The molecule has 1 heterocycles. The Balaban J connectivity index is 1.15. The third-order valence-electron chi connectivity index (χ3n) is 8.70. The van der Waals surface area contributed by atoms with Gasteiger partial charge in [0.15, 0.2) is 14.6 Å². The van der Waals surface area contributed by atoms with Crippen molar-refractivity contribution in [1.82, 2.24) is 10.2 Å². The first-order valence-electron chi connectivity index (χ1n) is 13.1. The van der Waals surface area contributed by atoms with Crippen LogP contribution >= 0.6 is 0 Å². The maximum absolute atomic E-state index is 13.3. The predicted octanol–water partition coefficient (Wildman–Crippen LogP) is 2.17. The van der Waals surface area contributed by atoms with Gasteiger partial charge in [0.05, 0.1) is 17.3 Å². The molecule has 1 saturated heterocycles. The average Bonchev–Trinajstić information content (AvgIpc) is 2.85. The van der Waals surface area contributed by atoms with Gasteiger partial charge in [-0.05, 0) is 99.8 Å². The van der Waals surface area contributed by atoms with Gasteiger partial charge < -0.3 is 9.47 Å². The quantitative estimate of drug-likeness (QED) is 0.226. The van der Waals surface area contributed by atoms with Crippen LogP contribution in [0.4, 0.5) is 0 Å². The van der Waals surface area contributed by atoms with Crippen molar-refractivity contribution in [3.8, 4) is 5.75 Å². The molecule has 0 spiro atoms. The van der Waals surface area contributed by atoms with Crippen molar-refractivity contribution in [2.45, 2.75) is 73.0 Å². The Kier molecular flexibility index (Phi) is 7.34. The van der Waals surface area contributed by atoms with E-state index in [4.69, 9.17) is 14.7 Å². The molecule has 1 aromatic rings. The van der Waals surface area contributed by atoms with E-state index in [0.29, 0.717) is 29.9 Å². The van der Waals surface area contributed by atoms with E-state index in [1.54, 1.807) is 0 Å². The van der Waals surface area contributed by atoms with Crippen LogP contribution in [0, 0.1) is 17.8 Å². The monoisotopic (exact) mass is 556 g/mol. The third-order valence-corrected chi connectivity index (χ3v) is 12.8. The Labute approximate surface area is 218 Å². The van der Waals surface area contributed by atoms with Crippen LogP contribution in [-0.2, 0) is 29.4 Å². The van der Waals surface area contributed by atoms with Gasteiger partial charge >= 0.3 is 0 Å². The Morgan fingerprint density at radius 1 is 0.973 bits per heavy atom. The Morgan fingerprint density at radius 2 is 1.54 bits per heavy atom. The van der Waals surface area contributed by atoms with Crippen LogP contribution < -0.4 is 14.9 Å². The molecule has 5 fully saturated rings. The fourth-order valence-corrected chi connectivity index (χ4v) is 10.9. The third kappa shape index (κ3) is 5.27. The highest BCUT2D eigenvalue weighted by atomic mass is 32.2. The zero-order valence-electron chi connectivity index (χ0n) is 20.9. The molecule has 4 bridgehead atoms. The maximum Gasteiger partial charge on any atom is 0.265 e. The maximum atomic E-state index is 13.3. The molecule has 1 aliphatic heterocycles. The molecule has 12 heteroatoms. The number of hydrogen-bond donors (Lipinski definition) is 3. The normalized spacial score (nSPS) is 30.7. The largest absolute Gasteiger partial charge is 0.494 e. The van der Waals surface area contributed by atoms with Gasteiger partial charge in [-0.3, -0.25) is 10.0 Å². The van der Waals surface area contributed by atoms with Crippen molar-refractivity contribution >= 4 is 25.8 Å². The number of ether oxygens (including phenoxy) is 2. The summed E-state index contributed by atoms with van der Waals surface area (Å²) in [7, 11) is -7.55. The average molecular weight is 557 g/mol. The van der Waals surface area contributed by atoms with Crippen LogP contribution in [0.2, 0.25) is 0 Å². The summed E-state index contributed by atoms with van der Waals surface area (Å²) in [4.78, 5) is 12.3. The second-order valence-corrected chi connectivity index (χ2v) is 15.4. The number of sulfonamides is 1. The summed E-state index contributed by atoms with van der Waals surface area (Å²) in [6.07, 6.45) is 6.80. The molecule has 3 N–H and O–H groups in total. The van der Waals surface area contributed by atoms with Gasteiger partial charge in [-0.25, -0.2) is 27.0 Å². The summed E-state index contributed by atoms with van der Waals surface area (Å²) in [5, 5.41) is 9.16. The zero-order chi connectivity index (χ0) is 26.3. The Morgan fingerprint density at radius 3 is 2.08 bits per heavy atom. The summed E-state index contributed by atoms with van der Waals surface area (Å²) in [5.74, 6) is 1.37. The molecule has 0 radical (unpaired) electrons. The number of sulfone groups is 1. The van der Waals surface area contributed by atoms with Crippen LogP contribution in [0.1, 0.15) is 57.8 Å². The molecule has 6 rings (SSSR count). The topological polar surface area (TPSA) is 148 Å². The number of amides is 1. The lowest BCUT2D eigenvalue weighted by Crippen LogP contribution is -2.60. The lowest BCUT2D eigenvalue weighted by Gasteiger charge is -2.56. The van der Waals surface area contributed by atoms with Crippen molar-refractivity contribution in [1.29, 1.82) is 0 Å². The summed E-state index contributed by atoms with van der Waals surface area (Å²) in [5.41, 5.74) is 1.24. The molecule has 5 aliphatic rings. The molecule has 37 heavy (non-hydrogen) atoms. The van der Waals surface area contributed by atoms with E-state index >= 15 is 0 Å². The van der Waals surface area contributed by atoms with E-state index in [0.717, 1.165) is 19.3 Å². The molecule has 10 nitrogen and oxygen atoms in total. The summed E-state index contributed by atoms with van der Waals surface area (Å²) in [6, 6.07) is 5.69. The second-order valence-electron chi connectivity index (χ2n) is 11.3. The fourth-order valence-electron chi connectivity index (χ4n) is 7.42. The van der Waals surface area contributed by atoms with E-state index < -0.39 is 30.5 Å². The highest BCUT2D eigenvalue weighted by molar-refractivity contribution is 7.93. The van der Waals surface area contributed by atoms with Crippen LogP contribution in [0.3, 0.4) is 0 Å². The van der Waals surface area contributed by atoms with Gasteiger partial charge in [0, 0.05) is 18.8 Å². The molecule has 206 valence electrons. The zero-order valence-corrected chi connectivity index (χ0v) is 22.5. The van der Waals surface area contributed by atoms with E-state index in [1.807, 2.05) is 0 Å². The highest BCUT2D eigenvalue weighted by Crippen LogP contribution is 2.55. The molecule has 4 aliphatic carbocycles. The Hall–Kier alpha value is -1.73. The lowest BCUT2D eigenvalue weighted by molar-refractivity contribution is -0.134. The van der Waals surface area contributed by atoms with E-state index in [1.165, 1.54) is 49.0 Å². The molecule has 1 aromatic carbocycles. The molecule has 0 atom stereocenters. The Bertz CT molecular complexity index is 1170. The van der Waals surface area contributed by atoms with Gasteiger partial charge in [0.2, 0.25) is 10.0 Å². The van der Waals surface area contributed by atoms with Crippen LogP contribution in [-0.4, -0.2) is 63.8 Å². The molecular weight excluding hydrogens is 520 g/mol.